The van der Waals surface area contributed by atoms with Crippen LogP contribution in [0.15, 0.2) is 18.2 Å². The normalized spacial score (nSPS) is 14.9. The van der Waals surface area contributed by atoms with Gasteiger partial charge in [-0.05, 0) is 30.5 Å². The molecule has 0 bridgehead atoms. The van der Waals surface area contributed by atoms with Crippen LogP contribution < -0.4 is 14.8 Å². The standard InChI is InChI=1S/C15H19NO2/c1-3-13(4-2)16-8-7-12-5-6-14-15(11-12)18-10-9-17-14/h1,5-6,11,13,16H,4,7-10H2,2H3. The van der Waals surface area contributed by atoms with Crippen LogP contribution in [0.25, 0.3) is 0 Å². The molecular formula is C15H19NO2. The average molecular weight is 245 g/mol. The van der Waals surface area contributed by atoms with Crippen molar-refractivity contribution in [1.29, 1.82) is 0 Å². The van der Waals surface area contributed by atoms with E-state index < -0.39 is 0 Å². The minimum Gasteiger partial charge on any atom is -0.486 e. The van der Waals surface area contributed by atoms with Crippen molar-refractivity contribution < 1.29 is 9.47 Å². The lowest BCUT2D eigenvalue weighted by Gasteiger charge is -2.19. The minimum atomic E-state index is 0.169. The Labute approximate surface area is 108 Å². The van der Waals surface area contributed by atoms with Gasteiger partial charge in [-0.1, -0.05) is 18.9 Å². The number of hydrogen-bond acceptors (Lipinski definition) is 3. The molecule has 1 unspecified atom stereocenters. The highest BCUT2D eigenvalue weighted by atomic mass is 16.6. The van der Waals surface area contributed by atoms with Crippen LogP contribution >= 0.6 is 0 Å². The third-order valence-electron chi connectivity index (χ3n) is 3.02. The summed E-state index contributed by atoms with van der Waals surface area (Å²) in [7, 11) is 0. The number of ether oxygens (including phenoxy) is 2. The van der Waals surface area contributed by atoms with Gasteiger partial charge in [-0.15, -0.1) is 6.42 Å². The van der Waals surface area contributed by atoms with Gasteiger partial charge in [0.1, 0.15) is 13.2 Å². The van der Waals surface area contributed by atoms with Crippen LogP contribution in [0, 0.1) is 12.3 Å². The van der Waals surface area contributed by atoms with Crippen molar-refractivity contribution in [2.24, 2.45) is 0 Å². The summed E-state index contributed by atoms with van der Waals surface area (Å²) >= 11 is 0. The van der Waals surface area contributed by atoms with E-state index >= 15 is 0 Å². The van der Waals surface area contributed by atoms with Gasteiger partial charge in [0, 0.05) is 6.54 Å². The van der Waals surface area contributed by atoms with Crippen molar-refractivity contribution in [2.45, 2.75) is 25.8 Å². The molecule has 0 spiro atoms. The van der Waals surface area contributed by atoms with Crippen LogP contribution in [0.5, 0.6) is 11.5 Å². The van der Waals surface area contributed by atoms with E-state index in [0.717, 1.165) is 30.9 Å². The summed E-state index contributed by atoms with van der Waals surface area (Å²) in [5.74, 6) is 4.42. The molecule has 0 aliphatic carbocycles. The second-order valence-electron chi connectivity index (χ2n) is 4.31. The molecule has 1 N–H and O–H groups in total. The van der Waals surface area contributed by atoms with Crippen LogP contribution in [-0.2, 0) is 6.42 Å². The van der Waals surface area contributed by atoms with E-state index in [4.69, 9.17) is 15.9 Å². The summed E-state index contributed by atoms with van der Waals surface area (Å²) in [6, 6.07) is 6.27. The zero-order valence-corrected chi connectivity index (χ0v) is 10.7. The molecule has 3 heteroatoms. The Bertz CT molecular complexity index is 437. The van der Waals surface area contributed by atoms with Crippen LogP contribution in [0.1, 0.15) is 18.9 Å². The first-order chi connectivity index (χ1) is 8.83. The molecule has 1 aliphatic heterocycles. The van der Waals surface area contributed by atoms with Crippen LogP contribution in [0.4, 0.5) is 0 Å². The Morgan fingerprint density at radius 2 is 2.11 bits per heavy atom. The van der Waals surface area contributed by atoms with E-state index in [1.807, 2.05) is 12.1 Å². The molecule has 1 aliphatic rings. The summed E-state index contributed by atoms with van der Waals surface area (Å²) in [4.78, 5) is 0. The quantitative estimate of drug-likeness (QED) is 0.805. The number of terminal acetylenes is 1. The third kappa shape index (κ3) is 3.18. The molecule has 0 radical (unpaired) electrons. The number of fused-ring (bicyclic) bond motifs is 1. The van der Waals surface area contributed by atoms with Gasteiger partial charge in [0.2, 0.25) is 0 Å². The summed E-state index contributed by atoms with van der Waals surface area (Å²) in [6.07, 6.45) is 7.30. The van der Waals surface area contributed by atoms with Crippen molar-refractivity contribution in [3.63, 3.8) is 0 Å². The SMILES string of the molecule is C#CC(CC)NCCc1ccc2c(c1)OCCO2. The Hall–Kier alpha value is -1.66. The molecule has 0 fully saturated rings. The first kappa shape index (κ1) is 12.8. The van der Waals surface area contributed by atoms with Gasteiger partial charge in [-0.2, -0.15) is 0 Å². The maximum atomic E-state index is 5.56. The summed E-state index contributed by atoms with van der Waals surface area (Å²) in [5.41, 5.74) is 1.23. The second-order valence-corrected chi connectivity index (χ2v) is 4.31. The van der Waals surface area contributed by atoms with Crippen molar-refractivity contribution in [1.82, 2.24) is 5.32 Å². The smallest absolute Gasteiger partial charge is 0.161 e. The maximum absolute atomic E-state index is 5.56. The minimum absolute atomic E-state index is 0.169. The molecule has 0 amide bonds. The molecule has 0 saturated heterocycles. The summed E-state index contributed by atoms with van der Waals surface area (Å²) in [6.45, 7) is 4.22. The first-order valence-corrected chi connectivity index (χ1v) is 6.41. The van der Waals surface area contributed by atoms with Crippen LogP contribution in [0.2, 0.25) is 0 Å². The molecule has 3 nitrogen and oxygen atoms in total. The Balaban J connectivity index is 1.88. The van der Waals surface area contributed by atoms with E-state index in [1.54, 1.807) is 0 Å². The van der Waals surface area contributed by atoms with E-state index in [2.05, 4.69) is 24.2 Å². The molecule has 1 atom stereocenters. The number of hydrogen-bond donors (Lipinski definition) is 1. The Kier molecular flexibility index (Phi) is 4.49. The molecule has 96 valence electrons. The molecule has 1 aromatic carbocycles. The van der Waals surface area contributed by atoms with Gasteiger partial charge in [0.05, 0.1) is 6.04 Å². The third-order valence-corrected chi connectivity index (χ3v) is 3.02. The molecule has 18 heavy (non-hydrogen) atoms. The molecule has 0 aromatic heterocycles. The van der Waals surface area contributed by atoms with Crippen molar-refractivity contribution >= 4 is 0 Å². The van der Waals surface area contributed by atoms with Crippen molar-refractivity contribution in [3.05, 3.63) is 23.8 Å². The fourth-order valence-corrected chi connectivity index (χ4v) is 1.96. The average Bonchev–Trinajstić information content (AvgIpc) is 2.43. The number of nitrogens with one attached hydrogen (secondary N) is 1. The van der Waals surface area contributed by atoms with Crippen molar-refractivity contribution in [3.8, 4) is 23.8 Å². The highest BCUT2D eigenvalue weighted by Gasteiger charge is 2.11. The molecule has 1 heterocycles. The Morgan fingerprint density at radius 3 is 2.83 bits per heavy atom. The predicted octanol–water partition coefficient (Wildman–Crippen LogP) is 2.00. The predicted molar refractivity (Wildman–Crippen MR) is 72.1 cm³/mol. The van der Waals surface area contributed by atoms with E-state index in [1.165, 1.54) is 5.56 Å². The highest BCUT2D eigenvalue weighted by molar-refractivity contribution is 5.43. The van der Waals surface area contributed by atoms with Gasteiger partial charge in [-0.3, -0.25) is 0 Å². The number of benzene rings is 1. The van der Waals surface area contributed by atoms with Crippen LogP contribution in [-0.4, -0.2) is 25.8 Å². The Morgan fingerprint density at radius 1 is 1.33 bits per heavy atom. The van der Waals surface area contributed by atoms with Gasteiger partial charge >= 0.3 is 0 Å². The number of rotatable bonds is 5. The van der Waals surface area contributed by atoms with Gasteiger partial charge in [0.25, 0.3) is 0 Å². The largest absolute Gasteiger partial charge is 0.486 e. The van der Waals surface area contributed by atoms with Gasteiger partial charge < -0.3 is 14.8 Å². The molecular weight excluding hydrogens is 226 g/mol. The summed E-state index contributed by atoms with van der Waals surface area (Å²) < 4.78 is 11.0. The first-order valence-electron chi connectivity index (χ1n) is 6.41. The van der Waals surface area contributed by atoms with E-state index in [0.29, 0.717) is 13.2 Å². The molecule has 1 aromatic rings. The second kappa shape index (κ2) is 6.32. The molecule has 2 rings (SSSR count). The van der Waals surface area contributed by atoms with Crippen LogP contribution in [0.3, 0.4) is 0 Å². The molecule has 0 saturated carbocycles. The highest BCUT2D eigenvalue weighted by Crippen LogP contribution is 2.30. The fourth-order valence-electron chi connectivity index (χ4n) is 1.96. The lowest BCUT2D eigenvalue weighted by Crippen LogP contribution is -2.28. The van der Waals surface area contributed by atoms with Crippen molar-refractivity contribution in [2.75, 3.05) is 19.8 Å². The maximum Gasteiger partial charge on any atom is 0.161 e. The van der Waals surface area contributed by atoms with Gasteiger partial charge in [0.15, 0.2) is 11.5 Å². The zero-order valence-electron chi connectivity index (χ0n) is 10.7. The lowest BCUT2D eigenvalue weighted by atomic mass is 10.1. The van der Waals surface area contributed by atoms with E-state index in [9.17, 15) is 0 Å². The fraction of sp³-hybridized carbons (Fsp3) is 0.467. The van der Waals surface area contributed by atoms with E-state index in [-0.39, 0.29) is 6.04 Å². The lowest BCUT2D eigenvalue weighted by molar-refractivity contribution is 0.171. The van der Waals surface area contributed by atoms with Gasteiger partial charge in [-0.25, -0.2) is 0 Å². The zero-order chi connectivity index (χ0) is 12.8. The monoisotopic (exact) mass is 245 g/mol. The summed E-state index contributed by atoms with van der Waals surface area (Å²) in [5, 5.41) is 3.34. The topological polar surface area (TPSA) is 30.5 Å².